The normalized spacial score (nSPS) is 14.6. The van der Waals surface area contributed by atoms with Crippen molar-refractivity contribution in [3.63, 3.8) is 0 Å². The molecule has 5 nitrogen and oxygen atoms in total. The van der Waals surface area contributed by atoms with Crippen LogP contribution in [0.5, 0.6) is 0 Å². The second-order valence-corrected chi connectivity index (χ2v) is 6.19. The van der Waals surface area contributed by atoms with Gasteiger partial charge in [0.05, 0.1) is 5.02 Å². The minimum Gasteiger partial charge on any atom is -0.350 e. The minimum absolute atomic E-state index is 0.182. The Labute approximate surface area is 113 Å². The van der Waals surface area contributed by atoms with E-state index in [1.165, 1.54) is 0 Å². The summed E-state index contributed by atoms with van der Waals surface area (Å²) in [6.45, 7) is 2.02. The first-order chi connectivity index (χ1) is 8.54. The van der Waals surface area contributed by atoms with Crippen LogP contribution in [0.1, 0.15) is 13.3 Å². The van der Waals surface area contributed by atoms with Gasteiger partial charge in [0, 0.05) is 35.0 Å². The summed E-state index contributed by atoms with van der Waals surface area (Å²) < 4.78 is 12.6. The molecule has 98 valence electrons. The van der Waals surface area contributed by atoms with Crippen LogP contribution in [0.4, 0.5) is 5.95 Å². The van der Waals surface area contributed by atoms with Crippen LogP contribution in [0.15, 0.2) is 18.3 Å². The Bertz CT molecular complexity index is 571. The quantitative estimate of drug-likeness (QED) is 0.913. The fourth-order valence-corrected chi connectivity index (χ4v) is 2.40. The Morgan fingerprint density at radius 3 is 3.06 bits per heavy atom. The molecule has 0 radical (unpaired) electrons. The second kappa shape index (κ2) is 5.67. The van der Waals surface area contributed by atoms with Gasteiger partial charge in [-0.25, -0.2) is 4.52 Å². The van der Waals surface area contributed by atoms with Crippen LogP contribution < -0.4 is 5.32 Å². The molecule has 0 saturated carbocycles. The number of halogens is 1. The van der Waals surface area contributed by atoms with Crippen LogP contribution >= 0.6 is 11.6 Å². The summed E-state index contributed by atoms with van der Waals surface area (Å²) in [6.07, 6.45) is 4.23. The maximum atomic E-state index is 11.0. The molecule has 0 aromatic carbocycles. The first-order valence-electron chi connectivity index (χ1n) is 5.63. The van der Waals surface area contributed by atoms with E-state index in [1.807, 2.05) is 13.0 Å². The molecule has 0 fully saturated rings. The third-order valence-electron chi connectivity index (χ3n) is 2.51. The molecular formula is C11H15ClN4OS. The number of nitrogens with one attached hydrogen (secondary N) is 1. The summed E-state index contributed by atoms with van der Waals surface area (Å²) in [5.74, 6) is 1.24. The maximum Gasteiger partial charge on any atom is 0.243 e. The number of aromatic nitrogens is 3. The van der Waals surface area contributed by atoms with Gasteiger partial charge in [-0.2, -0.15) is 4.98 Å². The Hall–Kier alpha value is -1.14. The van der Waals surface area contributed by atoms with E-state index in [0.29, 0.717) is 16.7 Å². The van der Waals surface area contributed by atoms with Crippen molar-refractivity contribution >= 4 is 34.0 Å². The number of fused-ring (bicyclic) bond motifs is 1. The van der Waals surface area contributed by atoms with Crippen molar-refractivity contribution in [2.75, 3.05) is 17.3 Å². The van der Waals surface area contributed by atoms with Crippen LogP contribution in [-0.4, -0.2) is 36.9 Å². The average Bonchev–Trinajstić information content (AvgIpc) is 2.67. The van der Waals surface area contributed by atoms with Gasteiger partial charge in [0.15, 0.2) is 5.65 Å². The number of anilines is 1. The van der Waals surface area contributed by atoms with Crippen LogP contribution in [0.25, 0.3) is 5.65 Å². The van der Waals surface area contributed by atoms with Crippen molar-refractivity contribution in [1.29, 1.82) is 0 Å². The molecule has 0 bridgehead atoms. The molecule has 2 atom stereocenters. The highest BCUT2D eigenvalue weighted by atomic mass is 35.5. The number of hydrogen-bond donors (Lipinski definition) is 1. The van der Waals surface area contributed by atoms with Gasteiger partial charge in [-0.05, 0) is 25.5 Å². The molecule has 1 N–H and O–H groups in total. The van der Waals surface area contributed by atoms with Crippen molar-refractivity contribution in [2.45, 2.75) is 19.4 Å². The van der Waals surface area contributed by atoms with Crippen molar-refractivity contribution < 1.29 is 4.21 Å². The lowest BCUT2D eigenvalue weighted by Crippen LogP contribution is -2.18. The molecular weight excluding hydrogens is 272 g/mol. The van der Waals surface area contributed by atoms with Gasteiger partial charge in [0.2, 0.25) is 5.95 Å². The number of nitrogens with zero attached hydrogens (tertiary/aromatic N) is 3. The number of rotatable bonds is 5. The van der Waals surface area contributed by atoms with Crippen LogP contribution in [0, 0.1) is 0 Å². The van der Waals surface area contributed by atoms with E-state index in [2.05, 4.69) is 15.4 Å². The fourth-order valence-electron chi connectivity index (χ4n) is 1.55. The molecule has 2 heterocycles. The molecule has 2 aromatic heterocycles. The van der Waals surface area contributed by atoms with E-state index in [-0.39, 0.29) is 6.04 Å². The SMILES string of the molecule is CC(CCS(C)=O)Nc1nc2ccc(Cl)cn2n1. The van der Waals surface area contributed by atoms with Gasteiger partial charge in [-0.15, -0.1) is 5.10 Å². The van der Waals surface area contributed by atoms with E-state index >= 15 is 0 Å². The topological polar surface area (TPSA) is 59.3 Å². The van der Waals surface area contributed by atoms with Crippen LogP contribution in [0.3, 0.4) is 0 Å². The molecule has 0 aliphatic rings. The zero-order chi connectivity index (χ0) is 13.1. The van der Waals surface area contributed by atoms with Crippen molar-refractivity contribution in [2.24, 2.45) is 0 Å². The van der Waals surface area contributed by atoms with E-state index in [9.17, 15) is 4.21 Å². The largest absolute Gasteiger partial charge is 0.350 e. The Balaban J connectivity index is 2.05. The molecule has 2 rings (SSSR count). The molecule has 0 amide bonds. The molecule has 7 heteroatoms. The summed E-state index contributed by atoms with van der Waals surface area (Å²) in [5.41, 5.74) is 0.744. The van der Waals surface area contributed by atoms with E-state index in [4.69, 9.17) is 11.6 Å². The zero-order valence-electron chi connectivity index (χ0n) is 10.3. The monoisotopic (exact) mass is 286 g/mol. The summed E-state index contributed by atoms with van der Waals surface area (Å²) in [5, 5.41) is 8.08. The van der Waals surface area contributed by atoms with Gasteiger partial charge in [0.1, 0.15) is 0 Å². The standard InChI is InChI=1S/C11H15ClN4OS/c1-8(5-6-18(2)17)13-11-14-10-4-3-9(12)7-16(10)15-11/h3-4,7-8H,5-6H2,1-2H3,(H,13,15). The van der Waals surface area contributed by atoms with Crippen molar-refractivity contribution in [3.8, 4) is 0 Å². The predicted octanol–water partition coefficient (Wildman–Crippen LogP) is 1.95. The summed E-state index contributed by atoms with van der Waals surface area (Å²) >= 11 is 5.88. The molecule has 0 aliphatic carbocycles. The lowest BCUT2D eigenvalue weighted by molar-refractivity contribution is 0.677. The highest BCUT2D eigenvalue weighted by molar-refractivity contribution is 7.84. The number of pyridine rings is 1. The number of hydrogen-bond acceptors (Lipinski definition) is 4. The second-order valence-electron chi connectivity index (χ2n) is 4.20. The highest BCUT2D eigenvalue weighted by Gasteiger charge is 2.08. The Morgan fingerprint density at radius 1 is 1.56 bits per heavy atom. The molecule has 18 heavy (non-hydrogen) atoms. The predicted molar refractivity (Wildman–Crippen MR) is 74.6 cm³/mol. The average molecular weight is 287 g/mol. The Kier molecular flexibility index (Phi) is 4.19. The third-order valence-corrected chi connectivity index (χ3v) is 3.54. The lowest BCUT2D eigenvalue weighted by atomic mass is 10.3. The smallest absolute Gasteiger partial charge is 0.243 e. The first kappa shape index (κ1) is 13.3. The molecule has 0 aliphatic heterocycles. The highest BCUT2D eigenvalue weighted by Crippen LogP contribution is 2.12. The van der Waals surface area contributed by atoms with E-state index in [1.54, 1.807) is 23.0 Å². The van der Waals surface area contributed by atoms with Crippen molar-refractivity contribution in [1.82, 2.24) is 14.6 Å². The fraction of sp³-hybridized carbons (Fsp3) is 0.455. The zero-order valence-corrected chi connectivity index (χ0v) is 11.8. The van der Waals surface area contributed by atoms with Crippen LogP contribution in [0.2, 0.25) is 5.02 Å². The van der Waals surface area contributed by atoms with Gasteiger partial charge in [-0.3, -0.25) is 4.21 Å². The van der Waals surface area contributed by atoms with Gasteiger partial charge in [0.25, 0.3) is 0 Å². The maximum absolute atomic E-state index is 11.0. The van der Waals surface area contributed by atoms with Gasteiger partial charge in [-0.1, -0.05) is 11.6 Å². The molecule has 2 unspecified atom stereocenters. The van der Waals surface area contributed by atoms with E-state index < -0.39 is 10.8 Å². The third kappa shape index (κ3) is 3.43. The van der Waals surface area contributed by atoms with Gasteiger partial charge < -0.3 is 5.32 Å². The molecule has 2 aromatic rings. The summed E-state index contributed by atoms with van der Waals surface area (Å²) in [7, 11) is -0.765. The van der Waals surface area contributed by atoms with Gasteiger partial charge >= 0.3 is 0 Å². The molecule has 0 spiro atoms. The summed E-state index contributed by atoms with van der Waals surface area (Å²) in [6, 6.07) is 3.77. The summed E-state index contributed by atoms with van der Waals surface area (Å²) in [4.78, 5) is 4.33. The van der Waals surface area contributed by atoms with E-state index in [0.717, 1.165) is 12.1 Å². The minimum atomic E-state index is -0.765. The van der Waals surface area contributed by atoms with Crippen LogP contribution in [-0.2, 0) is 10.8 Å². The molecule has 0 saturated heterocycles. The Morgan fingerprint density at radius 2 is 2.33 bits per heavy atom. The first-order valence-corrected chi connectivity index (χ1v) is 7.73. The lowest BCUT2D eigenvalue weighted by Gasteiger charge is -2.10. The van der Waals surface area contributed by atoms with Crippen molar-refractivity contribution in [3.05, 3.63) is 23.4 Å².